The molecule has 16 heavy (non-hydrogen) atoms. The van der Waals surface area contributed by atoms with Crippen molar-refractivity contribution < 1.29 is 14.3 Å². The number of rotatable bonds is 2. The zero-order valence-electron chi connectivity index (χ0n) is 9.78. The van der Waals surface area contributed by atoms with Gasteiger partial charge in [-0.1, -0.05) is 0 Å². The van der Waals surface area contributed by atoms with Gasteiger partial charge in [-0.15, -0.1) is 0 Å². The molecule has 1 aliphatic heterocycles. The summed E-state index contributed by atoms with van der Waals surface area (Å²) in [6, 6.07) is 0.340. The monoisotopic (exact) mass is 225 g/mol. The molecule has 0 radical (unpaired) electrons. The van der Waals surface area contributed by atoms with Crippen LogP contribution in [-0.2, 0) is 14.3 Å². The van der Waals surface area contributed by atoms with Gasteiger partial charge in [0.1, 0.15) is 12.4 Å². The van der Waals surface area contributed by atoms with Crippen molar-refractivity contribution in [1.82, 2.24) is 4.90 Å². The van der Waals surface area contributed by atoms with Gasteiger partial charge in [-0.2, -0.15) is 0 Å². The van der Waals surface area contributed by atoms with Crippen molar-refractivity contribution in [2.45, 2.75) is 38.6 Å². The molecule has 4 heteroatoms. The van der Waals surface area contributed by atoms with E-state index in [4.69, 9.17) is 4.74 Å². The number of ketones is 1. The number of hydrogen-bond donors (Lipinski definition) is 0. The fraction of sp³-hybridized carbons (Fsp3) is 0.833. The summed E-state index contributed by atoms with van der Waals surface area (Å²) in [6.07, 6.45) is 3.81. The van der Waals surface area contributed by atoms with Crippen LogP contribution in [0.4, 0.5) is 0 Å². The maximum Gasteiger partial charge on any atom is 0.248 e. The fourth-order valence-electron chi connectivity index (χ4n) is 2.71. The van der Waals surface area contributed by atoms with Crippen molar-refractivity contribution in [3.8, 4) is 0 Å². The topological polar surface area (TPSA) is 46.6 Å². The van der Waals surface area contributed by atoms with Gasteiger partial charge in [0.05, 0.1) is 6.61 Å². The molecule has 0 bridgehead atoms. The highest BCUT2D eigenvalue weighted by molar-refractivity contribution is 5.79. The Labute approximate surface area is 95.9 Å². The Balaban J connectivity index is 1.88. The van der Waals surface area contributed by atoms with Gasteiger partial charge in [-0.25, -0.2) is 0 Å². The molecule has 0 N–H and O–H groups in total. The average Bonchev–Trinajstić information content (AvgIpc) is 2.30. The normalized spacial score (nSPS) is 31.6. The van der Waals surface area contributed by atoms with Gasteiger partial charge in [0, 0.05) is 18.5 Å². The Hall–Kier alpha value is -0.900. The smallest absolute Gasteiger partial charge is 0.248 e. The predicted molar refractivity (Wildman–Crippen MR) is 59.0 cm³/mol. The molecule has 90 valence electrons. The van der Waals surface area contributed by atoms with Gasteiger partial charge in [0.2, 0.25) is 5.91 Å². The van der Waals surface area contributed by atoms with Crippen LogP contribution in [0.3, 0.4) is 0 Å². The van der Waals surface area contributed by atoms with Gasteiger partial charge >= 0.3 is 0 Å². The SMILES string of the molecule is CC(=O)[C@H]1CC[C@H](N2CCOCC2=O)CC1. The second kappa shape index (κ2) is 4.95. The molecule has 1 saturated carbocycles. The standard InChI is InChI=1S/C12H19NO3/c1-9(14)10-2-4-11(5-3-10)13-6-7-16-8-12(13)15/h10-11H,2-8H2,1H3/t10-,11-. The lowest BCUT2D eigenvalue weighted by Gasteiger charge is -2.38. The Kier molecular flexibility index (Phi) is 3.59. The van der Waals surface area contributed by atoms with Crippen molar-refractivity contribution >= 4 is 11.7 Å². The average molecular weight is 225 g/mol. The van der Waals surface area contributed by atoms with Crippen molar-refractivity contribution in [2.75, 3.05) is 19.8 Å². The number of carbonyl (C=O) groups excluding carboxylic acids is 2. The molecule has 0 unspecified atom stereocenters. The highest BCUT2D eigenvalue weighted by atomic mass is 16.5. The minimum atomic E-state index is 0.109. The van der Waals surface area contributed by atoms with Crippen LogP contribution in [0.15, 0.2) is 0 Å². The summed E-state index contributed by atoms with van der Waals surface area (Å²) in [4.78, 5) is 24.8. The number of Topliss-reactive ketones (excluding diaryl/α,β-unsaturated/α-hetero) is 1. The molecular formula is C12H19NO3. The predicted octanol–water partition coefficient (Wildman–Crippen LogP) is 0.993. The first-order chi connectivity index (χ1) is 7.68. The first-order valence-corrected chi connectivity index (χ1v) is 6.06. The summed E-state index contributed by atoms with van der Waals surface area (Å²) in [5, 5.41) is 0. The Morgan fingerprint density at radius 2 is 2.00 bits per heavy atom. The lowest BCUT2D eigenvalue weighted by Crippen LogP contribution is -2.49. The third-order valence-electron chi connectivity index (χ3n) is 3.73. The molecule has 1 saturated heterocycles. The molecule has 2 rings (SSSR count). The van der Waals surface area contributed by atoms with Crippen LogP contribution in [0, 0.1) is 5.92 Å². The van der Waals surface area contributed by atoms with Crippen molar-refractivity contribution in [3.63, 3.8) is 0 Å². The van der Waals surface area contributed by atoms with Crippen LogP contribution in [-0.4, -0.2) is 42.4 Å². The number of carbonyl (C=O) groups is 2. The van der Waals surface area contributed by atoms with Crippen LogP contribution in [0.2, 0.25) is 0 Å². The van der Waals surface area contributed by atoms with Crippen molar-refractivity contribution in [2.24, 2.45) is 5.92 Å². The number of morpholine rings is 1. The van der Waals surface area contributed by atoms with Crippen molar-refractivity contribution in [1.29, 1.82) is 0 Å². The molecule has 0 spiro atoms. The molecular weight excluding hydrogens is 206 g/mol. The molecule has 2 aliphatic rings. The van der Waals surface area contributed by atoms with Gasteiger partial charge < -0.3 is 9.64 Å². The quantitative estimate of drug-likeness (QED) is 0.704. The van der Waals surface area contributed by atoms with Crippen molar-refractivity contribution in [3.05, 3.63) is 0 Å². The van der Waals surface area contributed by atoms with Gasteiger partial charge in [-0.3, -0.25) is 9.59 Å². The minimum Gasteiger partial charge on any atom is -0.370 e. The van der Waals surface area contributed by atoms with E-state index in [0.29, 0.717) is 25.0 Å². The lowest BCUT2D eigenvalue weighted by molar-refractivity contribution is -0.146. The molecule has 0 atom stereocenters. The van der Waals surface area contributed by atoms with E-state index < -0.39 is 0 Å². The van der Waals surface area contributed by atoms with E-state index in [1.54, 1.807) is 6.92 Å². The molecule has 0 aromatic heterocycles. The first-order valence-electron chi connectivity index (χ1n) is 6.06. The van der Waals surface area contributed by atoms with E-state index in [9.17, 15) is 9.59 Å². The Morgan fingerprint density at radius 3 is 2.56 bits per heavy atom. The zero-order valence-corrected chi connectivity index (χ0v) is 9.78. The molecule has 0 aromatic rings. The van der Waals surface area contributed by atoms with Gasteiger partial charge in [0.15, 0.2) is 0 Å². The zero-order chi connectivity index (χ0) is 11.5. The summed E-state index contributed by atoms with van der Waals surface area (Å²) < 4.78 is 5.12. The van der Waals surface area contributed by atoms with Crippen LogP contribution < -0.4 is 0 Å². The second-order valence-corrected chi connectivity index (χ2v) is 4.76. The summed E-state index contributed by atoms with van der Waals surface area (Å²) in [6.45, 7) is 3.27. The summed E-state index contributed by atoms with van der Waals surface area (Å²) >= 11 is 0. The van der Waals surface area contributed by atoms with E-state index in [1.807, 2.05) is 4.90 Å². The van der Waals surface area contributed by atoms with Crippen LogP contribution in [0.1, 0.15) is 32.6 Å². The van der Waals surface area contributed by atoms with Crippen LogP contribution in [0.5, 0.6) is 0 Å². The van der Waals surface area contributed by atoms with Crippen LogP contribution >= 0.6 is 0 Å². The van der Waals surface area contributed by atoms with E-state index in [1.165, 1.54) is 0 Å². The molecule has 1 aliphatic carbocycles. The summed E-state index contributed by atoms with van der Waals surface area (Å²) in [5.74, 6) is 0.636. The molecule has 1 amide bonds. The summed E-state index contributed by atoms with van der Waals surface area (Å²) in [7, 11) is 0. The molecule has 0 aromatic carbocycles. The molecule has 4 nitrogen and oxygen atoms in total. The highest BCUT2D eigenvalue weighted by Gasteiger charge is 2.31. The second-order valence-electron chi connectivity index (χ2n) is 4.76. The molecule has 1 heterocycles. The largest absolute Gasteiger partial charge is 0.370 e. The lowest BCUT2D eigenvalue weighted by atomic mass is 9.83. The Morgan fingerprint density at radius 1 is 1.31 bits per heavy atom. The third-order valence-corrected chi connectivity index (χ3v) is 3.73. The molecule has 2 fully saturated rings. The van der Waals surface area contributed by atoms with E-state index in [-0.39, 0.29) is 18.4 Å². The number of ether oxygens (including phenoxy) is 1. The van der Waals surface area contributed by atoms with E-state index in [2.05, 4.69) is 0 Å². The third kappa shape index (κ3) is 2.43. The highest BCUT2D eigenvalue weighted by Crippen LogP contribution is 2.28. The maximum absolute atomic E-state index is 11.6. The number of amides is 1. The minimum absolute atomic E-state index is 0.109. The fourth-order valence-corrected chi connectivity index (χ4v) is 2.71. The van der Waals surface area contributed by atoms with E-state index in [0.717, 1.165) is 25.7 Å². The number of nitrogens with zero attached hydrogens (tertiary/aromatic N) is 1. The van der Waals surface area contributed by atoms with Gasteiger partial charge in [0.25, 0.3) is 0 Å². The first kappa shape index (κ1) is 11.6. The number of hydrogen-bond acceptors (Lipinski definition) is 3. The maximum atomic E-state index is 11.6. The van der Waals surface area contributed by atoms with E-state index >= 15 is 0 Å². The summed E-state index contributed by atoms with van der Waals surface area (Å²) in [5.41, 5.74) is 0. The van der Waals surface area contributed by atoms with Crippen LogP contribution in [0.25, 0.3) is 0 Å². The van der Waals surface area contributed by atoms with Gasteiger partial charge in [-0.05, 0) is 32.6 Å². The Bertz CT molecular complexity index is 282.